The van der Waals surface area contributed by atoms with Crippen LogP contribution in [0.1, 0.15) is 73.3 Å². The Morgan fingerprint density at radius 2 is 1.80 bits per heavy atom. The number of carbonyl (C=O) groups is 3. The van der Waals surface area contributed by atoms with Crippen molar-refractivity contribution in [1.82, 2.24) is 10.8 Å². The predicted molar refractivity (Wildman–Crippen MR) is 171 cm³/mol. The molecule has 0 spiro atoms. The molecule has 2 aliphatic rings. The van der Waals surface area contributed by atoms with Crippen molar-refractivity contribution in [3.05, 3.63) is 94.8 Å². The van der Waals surface area contributed by atoms with E-state index in [4.69, 9.17) is 9.57 Å². The maximum atomic E-state index is 15.3. The smallest absolute Gasteiger partial charge is 0.412 e. The van der Waals surface area contributed by atoms with Crippen molar-refractivity contribution in [3.63, 3.8) is 0 Å². The van der Waals surface area contributed by atoms with Crippen molar-refractivity contribution in [2.24, 2.45) is 4.99 Å². The third-order valence-electron chi connectivity index (χ3n) is 7.52. The number of carboxylic acids is 1. The van der Waals surface area contributed by atoms with Gasteiger partial charge in [0.1, 0.15) is 17.5 Å². The van der Waals surface area contributed by atoms with Crippen molar-refractivity contribution in [2.45, 2.75) is 64.3 Å². The summed E-state index contributed by atoms with van der Waals surface area (Å²) >= 11 is 0. The van der Waals surface area contributed by atoms with Crippen LogP contribution >= 0.6 is 0 Å². The zero-order valence-corrected chi connectivity index (χ0v) is 26.0. The van der Waals surface area contributed by atoms with Crippen LogP contribution in [-0.2, 0) is 20.8 Å². The lowest BCUT2D eigenvalue weighted by Crippen LogP contribution is -2.42. The molecule has 1 fully saturated rings. The quantitative estimate of drug-likeness (QED) is 0.240. The second-order valence-electron chi connectivity index (χ2n) is 12.3. The van der Waals surface area contributed by atoms with E-state index in [-0.39, 0.29) is 17.8 Å². The molecule has 12 heteroatoms. The van der Waals surface area contributed by atoms with Crippen molar-refractivity contribution in [1.29, 1.82) is 0 Å². The number of halogens is 1. The Balaban J connectivity index is 1.21. The van der Waals surface area contributed by atoms with E-state index in [2.05, 4.69) is 26.0 Å². The van der Waals surface area contributed by atoms with E-state index in [0.717, 1.165) is 31.6 Å². The van der Waals surface area contributed by atoms with Crippen LogP contribution in [0, 0.1) is 5.82 Å². The maximum Gasteiger partial charge on any atom is 0.412 e. The number of amidine groups is 1. The van der Waals surface area contributed by atoms with E-state index in [9.17, 15) is 19.5 Å². The number of benzene rings is 3. The Kier molecular flexibility index (Phi) is 9.86. The number of aliphatic carboxylic acids is 1. The van der Waals surface area contributed by atoms with Crippen molar-refractivity contribution in [3.8, 4) is 0 Å². The summed E-state index contributed by atoms with van der Waals surface area (Å²) in [5, 5.41) is 15.1. The highest BCUT2D eigenvalue weighted by molar-refractivity contribution is 5.99. The van der Waals surface area contributed by atoms with Gasteiger partial charge in [-0.2, -0.15) is 0 Å². The molecule has 2 unspecified atom stereocenters. The molecule has 2 atom stereocenters. The monoisotopic (exact) mass is 631 g/mol. The topological polar surface area (TPSA) is 142 Å². The molecule has 2 amide bonds. The number of ether oxygens (including phenoxy) is 1. The number of amides is 2. The van der Waals surface area contributed by atoms with Crippen molar-refractivity contribution >= 4 is 35.2 Å². The Hall–Kier alpha value is -4.97. The molecule has 2 heterocycles. The molecular weight excluding hydrogens is 593 g/mol. The molecule has 46 heavy (non-hydrogen) atoms. The highest BCUT2D eigenvalue weighted by Crippen LogP contribution is 2.26. The molecule has 3 aromatic rings. The molecule has 1 saturated heterocycles. The molecular formula is C34H38FN5O6. The zero-order valence-electron chi connectivity index (χ0n) is 26.0. The van der Waals surface area contributed by atoms with Gasteiger partial charge in [0.25, 0.3) is 5.91 Å². The minimum Gasteiger partial charge on any atom is -0.480 e. The fourth-order valence-electron chi connectivity index (χ4n) is 5.25. The number of hydroxylamine groups is 1. The van der Waals surface area contributed by atoms with E-state index in [1.165, 1.54) is 18.6 Å². The molecule has 0 saturated carbocycles. The first-order chi connectivity index (χ1) is 21.9. The van der Waals surface area contributed by atoms with Crippen LogP contribution in [0.25, 0.3) is 0 Å². The maximum absolute atomic E-state index is 15.3. The Labute approximate surface area is 266 Å². The summed E-state index contributed by atoms with van der Waals surface area (Å²) in [6.07, 6.45) is 1.91. The number of hydrogen-bond donors (Lipinski definition) is 4. The molecule has 0 bridgehead atoms. The Bertz CT molecular complexity index is 1610. The van der Waals surface area contributed by atoms with Gasteiger partial charge in [-0.3, -0.25) is 10.1 Å². The summed E-state index contributed by atoms with van der Waals surface area (Å²) < 4.78 is 20.5. The SMILES string of the molecule is CC(C)(C)OC(=O)Nc1ccc(C2N=C(c3ccc(CC(NC(=O)c4cccc(N5CCCCC5)c4)C(=O)O)cc3F)NO2)cc1. The van der Waals surface area contributed by atoms with Gasteiger partial charge in [0, 0.05) is 42.0 Å². The summed E-state index contributed by atoms with van der Waals surface area (Å²) in [5.74, 6) is -2.20. The number of nitrogens with zero attached hydrogens (tertiary/aromatic N) is 2. The number of aliphatic imine (C=N–C) groups is 1. The van der Waals surface area contributed by atoms with E-state index < -0.39 is 41.7 Å². The molecule has 0 aromatic heterocycles. The summed E-state index contributed by atoms with van der Waals surface area (Å²) in [7, 11) is 0. The van der Waals surface area contributed by atoms with Crippen LogP contribution < -0.4 is 21.0 Å². The first kappa shape index (κ1) is 32.4. The molecule has 5 rings (SSSR count). The van der Waals surface area contributed by atoms with Crippen molar-refractivity contribution < 1.29 is 33.5 Å². The second kappa shape index (κ2) is 14.0. The van der Waals surface area contributed by atoms with Crippen LogP contribution in [0.3, 0.4) is 0 Å². The van der Waals surface area contributed by atoms with Crippen LogP contribution in [-0.4, -0.2) is 53.6 Å². The van der Waals surface area contributed by atoms with Gasteiger partial charge in [0.05, 0.1) is 5.56 Å². The molecule has 242 valence electrons. The van der Waals surface area contributed by atoms with E-state index in [1.54, 1.807) is 69.3 Å². The largest absolute Gasteiger partial charge is 0.480 e. The molecule has 2 aliphatic heterocycles. The lowest BCUT2D eigenvalue weighted by Gasteiger charge is -2.29. The van der Waals surface area contributed by atoms with Crippen LogP contribution in [0.5, 0.6) is 0 Å². The Morgan fingerprint density at radius 3 is 2.48 bits per heavy atom. The highest BCUT2D eigenvalue weighted by atomic mass is 19.1. The fourth-order valence-corrected chi connectivity index (χ4v) is 5.25. The normalized spacial score (nSPS) is 17.0. The number of rotatable bonds is 9. The summed E-state index contributed by atoms with van der Waals surface area (Å²) in [4.78, 5) is 49.3. The molecule has 4 N–H and O–H groups in total. The number of nitrogens with one attached hydrogen (secondary N) is 3. The number of anilines is 2. The van der Waals surface area contributed by atoms with Crippen LogP contribution in [0.4, 0.5) is 20.6 Å². The minimum absolute atomic E-state index is 0.118. The van der Waals surface area contributed by atoms with Gasteiger partial charge >= 0.3 is 12.1 Å². The summed E-state index contributed by atoms with van der Waals surface area (Å²) in [6, 6.07) is 17.0. The van der Waals surface area contributed by atoms with Gasteiger partial charge in [0.2, 0.25) is 6.23 Å². The van der Waals surface area contributed by atoms with E-state index >= 15 is 4.39 Å². The lowest BCUT2D eigenvalue weighted by atomic mass is 10.0. The first-order valence-corrected chi connectivity index (χ1v) is 15.2. The van der Waals surface area contributed by atoms with Gasteiger partial charge < -0.3 is 20.1 Å². The first-order valence-electron chi connectivity index (χ1n) is 15.2. The molecule has 0 aliphatic carbocycles. The molecule has 11 nitrogen and oxygen atoms in total. The third kappa shape index (κ3) is 8.39. The van der Waals surface area contributed by atoms with Gasteiger partial charge in [0.15, 0.2) is 5.84 Å². The summed E-state index contributed by atoms with van der Waals surface area (Å²) in [5.41, 5.74) is 5.04. The number of hydrogen-bond acceptors (Lipinski definition) is 8. The number of piperidine rings is 1. The fraction of sp³-hybridized carbons (Fsp3) is 0.353. The van der Waals surface area contributed by atoms with E-state index in [0.29, 0.717) is 22.4 Å². The zero-order chi connectivity index (χ0) is 32.8. The number of carboxylic acid groups (broad SMARTS) is 1. The van der Waals surface area contributed by atoms with Gasteiger partial charge in [-0.25, -0.2) is 29.3 Å². The highest BCUT2D eigenvalue weighted by Gasteiger charge is 2.26. The lowest BCUT2D eigenvalue weighted by molar-refractivity contribution is -0.139. The standard InChI is InChI=1S/C34H38FN5O6/c1-34(2,3)45-33(44)36-24-13-11-22(12-14-24)31-38-29(39-46-31)26-15-10-21(18-27(26)35)19-28(32(42)43)37-30(41)23-8-7-9-25(20-23)40-16-5-4-6-17-40/h7-15,18,20,28,31H,4-6,16-17,19H2,1-3H3,(H,36,44)(H,37,41)(H,38,39)(H,42,43). The van der Waals surface area contributed by atoms with Gasteiger partial charge in [-0.05, 0) is 88.1 Å². The summed E-state index contributed by atoms with van der Waals surface area (Å²) in [6.45, 7) is 7.16. The average molecular weight is 632 g/mol. The van der Waals surface area contributed by atoms with Gasteiger partial charge in [-0.1, -0.05) is 24.3 Å². The van der Waals surface area contributed by atoms with Crippen LogP contribution in [0.15, 0.2) is 71.7 Å². The minimum atomic E-state index is -1.26. The van der Waals surface area contributed by atoms with Crippen molar-refractivity contribution in [2.75, 3.05) is 23.3 Å². The van der Waals surface area contributed by atoms with Crippen LogP contribution in [0.2, 0.25) is 0 Å². The number of carbonyl (C=O) groups excluding carboxylic acids is 2. The predicted octanol–water partition coefficient (Wildman–Crippen LogP) is 5.57. The molecule has 0 radical (unpaired) electrons. The molecule has 3 aromatic carbocycles. The van der Waals surface area contributed by atoms with Gasteiger partial charge in [-0.15, -0.1) is 0 Å². The third-order valence-corrected chi connectivity index (χ3v) is 7.52. The average Bonchev–Trinajstić information content (AvgIpc) is 3.50. The van der Waals surface area contributed by atoms with E-state index in [1.807, 2.05) is 6.07 Å². The Morgan fingerprint density at radius 1 is 1.07 bits per heavy atom. The second-order valence-corrected chi connectivity index (χ2v) is 12.3.